The Morgan fingerprint density at radius 1 is 1.09 bits per heavy atom. The minimum atomic E-state index is -3.39. The lowest BCUT2D eigenvalue weighted by Crippen LogP contribution is -2.50. The molecule has 1 saturated heterocycles. The summed E-state index contributed by atoms with van der Waals surface area (Å²) in [5, 5.41) is -0.0431. The van der Waals surface area contributed by atoms with Crippen LogP contribution in [0.4, 0.5) is 10.3 Å². The number of aryl methyl sites for hydroxylation is 1. The van der Waals surface area contributed by atoms with Gasteiger partial charge >= 0.3 is 0 Å². The van der Waals surface area contributed by atoms with Crippen molar-refractivity contribution in [3.8, 4) is 16.9 Å². The van der Waals surface area contributed by atoms with Crippen molar-refractivity contribution in [3.63, 3.8) is 0 Å². The summed E-state index contributed by atoms with van der Waals surface area (Å²) in [4.78, 5) is 14.9. The summed E-state index contributed by atoms with van der Waals surface area (Å²) < 4.78 is 43.4. The monoisotopic (exact) mass is 456 g/mol. The number of aromatic nitrogens is 3. The summed E-state index contributed by atoms with van der Waals surface area (Å²) in [5.41, 5.74) is 1.98. The van der Waals surface area contributed by atoms with Crippen LogP contribution in [0.25, 0.3) is 11.1 Å². The van der Waals surface area contributed by atoms with Crippen molar-refractivity contribution in [2.24, 2.45) is 5.92 Å². The van der Waals surface area contributed by atoms with Crippen LogP contribution in [-0.4, -0.2) is 49.3 Å². The van der Waals surface area contributed by atoms with Crippen molar-refractivity contribution in [2.45, 2.75) is 24.8 Å². The van der Waals surface area contributed by atoms with Gasteiger partial charge in [-0.3, -0.25) is 0 Å². The minimum absolute atomic E-state index is 0.0431. The van der Waals surface area contributed by atoms with Crippen LogP contribution in [0.5, 0.6) is 5.75 Å². The number of halogens is 1. The van der Waals surface area contributed by atoms with E-state index in [4.69, 9.17) is 4.74 Å². The Morgan fingerprint density at radius 3 is 2.44 bits per heavy atom. The fourth-order valence-corrected chi connectivity index (χ4v) is 4.12. The number of nitrogens with zero attached hydrogens (tertiary/aromatic N) is 4. The van der Waals surface area contributed by atoms with Gasteiger partial charge in [-0.2, -0.15) is 0 Å². The number of rotatable bonds is 8. The second kappa shape index (κ2) is 9.20. The molecule has 9 heteroatoms. The molecule has 3 aromatic rings. The van der Waals surface area contributed by atoms with Crippen molar-refractivity contribution in [1.29, 1.82) is 0 Å². The van der Waals surface area contributed by atoms with Crippen molar-refractivity contribution >= 4 is 15.8 Å². The molecule has 3 heterocycles. The fourth-order valence-electron chi connectivity index (χ4n) is 3.56. The molecule has 1 aromatic carbocycles. The third-order valence-electron chi connectivity index (χ3n) is 5.32. The maximum absolute atomic E-state index is 14.6. The van der Waals surface area contributed by atoms with Gasteiger partial charge in [0.15, 0.2) is 14.9 Å². The van der Waals surface area contributed by atoms with E-state index < -0.39 is 15.7 Å². The smallest absolute Gasteiger partial charge is 0.225 e. The highest BCUT2D eigenvalue weighted by Gasteiger charge is 2.29. The molecule has 0 bridgehead atoms. The number of hydrogen-bond acceptors (Lipinski definition) is 7. The zero-order valence-electron chi connectivity index (χ0n) is 18.0. The average molecular weight is 457 g/mol. The molecule has 168 valence electrons. The number of benzene rings is 1. The Kier molecular flexibility index (Phi) is 6.36. The Bertz CT molecular complexity index is 1180. The van der Waals surface area contributed by atoms with E-state index in [1.54, 1.807) is 18.2 Å². The van der Waals surface area contributed by atoms with E-state index in [1.165, 1.54) is 18.3 Å². The molecule has 1 aliphatic heterocycles. The van der Waals surface area contributed by atoms with Crippen LogP contribution in [0, 0.1) is 11.7 Å². The number of anilines is 1. The molecule has 1 fully saturated rings. The van der Waals surface area contributed by atoms with Crippen LogP contribution in [0.15, 0.2) is 53.9 Å². The largest absolute Gasteiger partial charge is 0.493 e. The van der Waals surface area contributed by atoms with Crippen LogP contribution >= 0.6 is 0 Å². The van der Waals surface area contributed by atoms with Crippen molar-refractivity contribution in [2.75, 3.05) is 30.9 Å². The molecule has 0 spiro atoms. The van der Waals surface area contributed by atoms with Gasteiger partial charge in [0.1, 0.15) is 11.6 Å². The van der Waals surface area contributed by atoms with Crippen LogP contribution < -0.4 is 9.64 Å². The van der Waals surface area contributed by atoms with Crippen molar-refractivity contribution in [3.05, 3.63) is 60.3 Å². The number of hydrogen-bond donors (Lipinski definition) is 0. The molecule has 0 atom stereocenters. The lowest BCUT2D eigenvalue weighted by Gasteiger charge is -2.38. The van der Waals surface area contributed by atoms with E-state index in [-0.39, 0.29) is 5.03 Å². The van der Waals surface area contributed by atoms with Gasteiger partial charge in [0.2, 0.25) is 5.95 Å². The van der Waals surface area contributed by atoms with Gasteiger partial charge in [-0.1, -0.05) is 13.3 Å². The molecule has 4 rings (SSSR count). The molecule has 0 saturated carbocycles. The minimum Gasteiger partial charge on any atom is -0.493 e. The van der Waals surface area contributed by atoms with E-state index >= 15 is 0 Å². The molecule has 7 nitrogen and oxygen atoms in total. The second-order valence-electron chi connectivity index (χ2n) is 8.02. The Balaban J connectivity index is 1.31. The standard InChI is InChI=1S/C23H25FN4O3S/c1-3-4-16-10-26-23(27-11-16)28-13-17(14-28)15-31-19-6-7-20(21(24)9-19)18-5-8-22(25-12-18)32(2,29)30/h5-12,17H,3-4,13-15H2,1-2H3. The Hall–Kier alpha value is -3.07. The van der Waals surface area contributed by atoms with Gasteiger partial charge in [-0.15, -0.1) is 0 Å². The first-order chi connectivity index (χ1) is 15.3. The van der Waals surface area contributed by atoms with Crippen molar-refractivity contribution in [1.82, 2.24) is 15.0 Å². The molecule has 0 aliphatic carbocycles. The SMILES string of the molecule is CCCc1cnc(N2CC(COc3ccc(-c4ccc(S(C)(=O)=O)nc4)c(F)c3)C2)nc1. The summed E-state index contributed by atoms with van der Waals surface area (Å²) in [6.07, 6.45) is 8.25. The summed E-state index contributed by atoms with van der Waals surface area (Å²) in [6.45, 7) is 4.20. The zero-order chi connectivity index (χ0) is 22.7. The van der Waals surface area contributed by atoms with Gasteiger partial charge in [0.25, 0.3) is 0 Å². The van der Waals surface area contributed by atoms with Gasteiger partial charge in [0, 0.05) is 61.0 Å². The number of pyridine rings is 1. The lowest BCUT2D eigenvalue weighted by atomic mass is 10.0. The van der Waals surface area contributed by atoms with Gasteiger partial charge in [-0.25, -0.2) is 27.8 Å². The predicted molar refractivity (Wildman–Crippen MR) is 120 cm³/mol. The maximum Gasteiger partial charge on any atom is 0.225 e. The van der Waals surface area contributed by atoms with Crippen molar-refractivity contribution < 1.29 is 17.5 Å². The molecule has 0 unspecified atom stereocenters. The third kappa shape index (κ3) is 5.04. The molecule has 1 aliphatic rings. The molecular formula is C23H25FN4O3S. The second-order valence-corrected chi connectivity index (χ2v) is 9.98. The first-order valence-electron chi connectivity index (χ1n) is 10.5. The van der Waals surface area contributed by atoms with Gasteiger partial charge in [0.05, 0.1) is 6.61 Å². The zero-order valence-corrected chi connectivity index (χ0v) is 18.8. The Labute approximate surface area is 187 Å². The molecule has 0 radical (unpaired) electrons. The predicted octanol–water partition coefficient (Wildman–Crippen LogP) is 3.55. The summed E-state index contributed by atoms with van der Waals surface area (Å²) in [6, 6.07) is 7.57. The summed E-state index contributed by atoms with van der Waals surface area (Å²) in [7, 11) is -3.39. The highest BCUT2D eigenvalue weighted by molar-refractivity contribution is 7.90. The van der Waals surface area contributed by atoms with E-state index in [0.717, 1.165) is 43.7 Å². The average Bonchev–Trinajstić information content (AvgIpc) is 2.73. The first kappa shape index (κ1) is 22.1. The molecular weight excluding hydrogens is 431 g/mol. The number of ether oxygens (including phenoxy) is 1. The third-order valence-corrected chi connectivity index (χ3v) is 6.33. The first-order valence-corrected chi connectivity index (χ1v) is 12.4. The van der Waals surface area contributed by atoms with E-state index in [2.05, 4.69) is 26.8 Å². The topological polar surface area (TPSA) is 85.3 Å². The van der Waals surface area contributed by atoms with E-state index in [0.29, 0.717) is 29.4 Å². The van der Waals surface area contributed by atoms with Crippen LogP contribution in [0.2, 0.25) is 0 Å². The molecule has 2 aromatic heterocycles. The lowest BCUT2D eigenvalue weighted by molar-refractivity contribution is 0.219. The van der Waals surface area contributed by atoms with Gasteiger partial charge < -0.3 is 9.64 Å². The summed E-state index contributed by atoms with van der Waals surface area (Å²) in [5.74, 6) is 1.05. The Morgan fingerprint density at radius 2 is 1.84 bits per heavy atom. The quantitative estimate of drug-likeness (QED) is 0.512. The molecule has 0 N–H and O–H groups in total. The van der Waals surface area contributed by atoms with Crippen LogP contribution in [0.3, 0.4) is 0 Å². The molecule has 32 heavy (non-hydrogen) atoms. The fraction of sp³-hybridized carbons (Fsp3) is 0.348. The highest BCUT2D eigenvalue weighted by atomic mass is 32.2. The van der Waals surface area contributed by atoms with Crippen LogP contribution in [-0.2, 0) is 16.3 Å². The van der Waals surface area contributed by atoms with E-state index in [9.17, 15) is 12.8 Å². The highest BCUT2D eigenvalue weighted by Crippen LogP contribution is 2.28. The normalized spacial score (nSPS) is 14.3. The summed E-state index contributed by atoms with van der Waals surface area (Å²) >= 11 is 0. The maximum atomic E-state index is 14.6. The van der Waals surface area contributed by atoms with E-state index in [1.807, 2.05) is 12.4 Å². The van der Waals surface area contributed by atoms with Gasteiger partial charge in [-0.05, 0) is 36.2 Å². The molecule has 0 amide bonds. The number of sulfone groups is 1. The van der Waals surface area contributed by atoms with Crippen LogP contribution in [0.1, 0.15) is 18.9 Å².